The second kappa shape index (κ2) is 5.75. The molecule has 18 heavy (non-hydrogen) atoms. The zero-order valence-electron chi connectivity index (χ0n) is 11.7. The summed E-state index contributed by atoms with van der Waals surface area (Å²) >= 11 is 3.52. The highest BCUT2D eigenvalue weighted by molar-refractivity contribution is 9.10. The van der Waals surface area contributed by atoms with E-state index < -0.39 is 0 Å². The van der Waals surface area contributed by atoms with Crippen LogP contribution in [0.15, 0.2) is 28.7 Å². The molecule has 1 aliphatic rings. The molecule has 1 fully saturated rings. The lowest BCUT2D eigenvalue weighted by atomic mass is 9.73. The van der Waals surface area contributed by atoms with Crippen LogP contribution in [0.4, 0.5) is 0 Å². The normalized spacial score (nSPS) is 18.4. The smallest absolute Gasteiger partial charge is 0.0175 e. The number of hydrogen-bond acceptors (Lipinski definition) is 1. The van der Waals surface area contributed by atoms with Gasteiger partial charge >= 0.3 is 0 Å². The molecule has 0 aliphatic heterocycles. The van der Waals surface area contributed by atoms with Crippen molar-refractivity contribution >= 4 is 15.9 Å². The molecule has 0 spiro atoms. The fourth-order valence-electron chi connectivity index (χ4n) is 2.52. The van der Waals surface area contributed by atoms with Gasteiger partial charge < -0.3 is 5.32 Å². The van der Waals surface area contributed by atoms with Crippen molar-refractivity contribution in [1.29, 1.82) is 0 Å². The van der Waals surface area contributed by atoms with Gasteiger partial charge in [0, 0.05) is 16.6 Å². The van der Waals surface area contributed by atoms with Crippen LogP contribution in [-0.4, -0.2) is 12.1 Å². The molecule has 1 nitrogen and oxygen atoms in total. The Kier molecular flexibility index (Phi) is 4.50. The first-order valence-electron chi connectivity index (χ1n) is 6.96. The van der Waals surface area contributed by atoms with Crippen molar-refractivity contribution in [2.24, 2.45) is 5.92 Å². The molecule has 1 unspecified atom stereocenters. The summed E-state index contributed by atoms with van der Waals surface area (Å²) in [6.07, 6.45) is 4.20. The van der Waals surface area contributed by atoms with Gasteiger partial charge in [0.05, 0.1) is 0 Å². The predicted octanol–water partition coefficient (Wildman–Crippen LogP) is 4.72. The van der Waals surface area contributed by atoms with Crippen LogP contribution in [-0.2, 0) is 0 Å². The Hall–Kier alpha value is -0.340. The molecule has 0 radical (unpaired) electrons. The van der Waals surface area contributed by atoms with Crippen LogP contribution in [0.1, 0.15) is 51.5 Å². The summed E-state index contributed by atoms with van der Waals surface area (Å²) in [4.78, 5) is 0. The van der Waals surface area contributed by atoms with Crippen LogP contribution >= 0.6 is 15.9 Å². The van der Waals surface area contributed by atoms with E-state index in [-0.39, 0.29) is 5.54 Å². The predicted molar refractivity (Wildman–Crippen MR) is 82.0 cm³/mol. The molecule has 1 N–H and O–H groups in total. The first-order valence-corrected chi connectivity index (χ1v) is 7.75. The lowest BCUT2D eigenvalue weighted by molar-refractivity contribution is 0.242. The molecule has 1 aliphatic carbocycles. The van der Waals surface area contributed by atoms with Gasteiger partial charge in [-0.05, 0) is 63.1 Å². The van der Waals surface area contributed by atoms with Crippen LogP contribution in [0.5, 0.6) is 0 Å². The molecule has 0 heterocycles. The Bertz CT molecular complexity index is 373. The van der Waals surface area contributed by atoms with Gasteiger partial charge in [-0.3, -0.25) is 0 Å². The second-order valence-electron chi connectivity index (χ2n) is 6.48. The first kappa shape index (κ1) is 14.1. The Morgan fingerprint density at radius 3 is 2.28 bits per heavy atom. The van der Waals surface area contributed by atoms with E-state index in [2.05, 4.69) is 66.3 Å². The average Bonchev–Trinajstić information content (AvgIpc) is 2.21. The van der Waals surface area contributed by atoms with E-state index in [1.807, 2.05) is 0 Å². The van der Waals surface area contributed by atoms with E-state index >= 15 is 0 Å². The number of nitrogens with one attached hydrogen (secondary N) is 1. The van der Waals surface area contributed by atoms with E-state index in [9.17, 15) is 0 Å². The number of halogens is 1. The van der Waals surface area contributed by atoms with Crippen molar-refractivity contribution in [2.75, 3.05) is 6.54 Å². The van der Waals surface area contributed by atoms with Crippen LogP contribution in [0.2, 0.25) is 0 Å². The summed E-state index contributed by atoms with van der Waals surface area (Å²) in [5.74, 6) is 1.55. The van der Waals surface area contributed by atoms with Gasteiger partial charge in [-0.15, -0.1) is 0 Å². The highest BCUT2D eigenvalue weighted by Gasteiger charge is 2.29. The Balaban J connectivity index is 2.07. The largest absolute Gasteiger partial charge is 0.311 e. The molecule has 0 aromatic heterocycles. The molecule has 1 aromatic rings. The van der Waals surface area contributed by atoms with Gasteiger partial charge in [-0.1, -0.05) is 34.5 Å². The van der Waals surface area contributed by atoms with Crippen LogP contribution in [0, 0.1) is 5.92 Å². The summed E-state index contributed by atoms with van der Waals surface area (Å²) in [5.41, 5.74) is 1.69. The lowest BCUT2D eigenvalue weighted by Gasteiger charge is -2.36. The number of rotatable bonds is 4. The Labute approximate surface area is 119 Å². The molecular formula is C16H24BrN. The van der Waals surface area contributed by atoms with Gasteiger partial charge in [0.15, 0.2) is 0 Å². The molecule has 0 saturated heterocycles. The molecular weight excluding hydrogens is 286 g/mol. The fourth-order valence-corrected chi connectivity index (χ4v) is 2.79. The third-order valence-corrected chi connectivity index (χ3v) is 4.40. The third-order valence-electron chi connectivity index (χ3n) is 3.87. The molecule has 1 saturated carbocycles. The van der Waals surface area contributed by atoms with Crippen LogP contribution in [0.3, 0.4) is 0 Å². The zero-order chi connectivity index (χ0) is 13.2. The van der Waals surface area contributed by atoms with Gasteiger partial charge in [0.2, 0.25) is 0 Å². The molecule has 2 rings (SSSR count). The first-order chi connectivity index (χ1) is 8.46. The van der Waals surface area contributed by atoms with E-state index in [0.717, 1.165) is 12.5 Å². The Morgan fingerprint density at radius 2 is 1.83 bits per heavy atom. The average molecular weight is 310 g/mol. The molecule has 1 aromatic carbocycles. The summed E-state index contributed by atoms with van der Waals surface area (Å²) in [7, 11) is 0. The summed E-state index contributed by atoms with van der Waals surface area (Å²) in [6, 6.07) is 8.88. The topological polar surface area (TPSA) is 12.0 Å². The second-order valence-corrected chi connectivity index (χ2v) is 7.40. The van der Waals surface area contributed by atoms with Crippen LogP contribution in [0.25, 0.3) is 0 Å². The molecule has 0 amide bonds. The van der Waals surface area contributed by atoms with Gasteiger partial charge in [-0.2, -0.15) is 0 Å². The highest BCUT2D eigenvalue weighted by atomic mass is 79.9. The standard InChI is InChI=1S/C16H24BrN/c1-16(2,3)18-11-15(12-5-4-6-12)13-7-9-14(17)10-8-13/h7-10,12,15,18H,4-6,11H2,1-3H3. The van der Waals surface area contributed by atoms with Gasteiger partial charge in [0.1, 0.15) is 0 Å². The van der Waals surface area contributed by atoms with E-state index in [4.69, 9.17) is 0 Å². The minimum atomic E-state index is 0.206. The van der Waals surface area contributed by atoms with Crippen molar-refractivity contribution in [3.05, 3.63) is 34.3 Å². The Morgan fingerprint density at radius 1 is 1.22 bits per heavy atom. The summed E-state index contributed by atoms with van der Waals surface area (Å²) in [6.45, 7) is 7.82. The zero-order valence-corrected chi connectivity index (χ0v) is 13.3. The van der Waals surface area contributed by atoms with Crippen molar-refractivity contribution < 1.29 is 0 Å². The quantitative estimate of drug-likeness (QED) is 0.848. The number of benzene rings is 1. The maximum absolute atomic E-state index is 3.67. The van der Waals surface area contributed by atoms with Crippen molar-refractivity contribution in [3.63, 3.8) is 0 Å². The maximum atomic E-state index is 3.67. The minimum absolute atomic E-state index is 0.206. The molecule has 100 valence electrons. The van der Waals surface area contributed by atoms with E-state index in [1.54, 1.807) is 0 Å². The van der Waals surface area contributed by atoms with Crippen molar-refractivity contribution in [2.45, 2.75) is 51.5 Å². The highest BCUT2D eigenvalue weighted by Crippen LogP contribution is 2.39. The number of hydrogen-bond donors (Lipinski definition) is 1. The van der Waals surface area contributed by atoms with E-state index in [1.165, 1.54) is 29.3 Å². The summed E-state index contributed by atoms with van der Waals surface area (Å²) in [5, 5.41) is 3.67. The maximum Gasteiger partial charge on any atom is 0.0175 e. The minimum Gasteiger partial charge on any atom is -0.311 e. The van der Waals surface area contributed by atoms with Gasteiger partial charge in [-0.25, -0.2) is 0 Å². The molecule has 0 bridgehead atoms. The van der Waals surface area contributed by atoms with Crippen molar-refractivity contribution in [1.82, 2.24) is 5.32 Å². The fraction of sp³-hybridized carbons (Fsp3) is 0.625. The SMILES string of the molecule is CC(C)(C)NCC(c1ccc(Br)cc1)C1CCC1. The van der Waals surface area contributed by atoms with Gasteiger partial charge in [0.25, 0.3) is 0 Å². The molecule has 2 heteroatoms. The van der Waals surface area contributed by atoms with Crippen molar-refractivity contribution in [3.8, 4) is 0 Å². The van der Waals surface area contributed by atoms with Crippen LogP contribution < -0.4 is 5.32 Å². The monoisotopic (exact) mass is 309 g/mol. The van der Waals surface area contributed by atoms with E-state index in [0.29, 0.717) is 5.92 Å². The summed E-state index contributed by atoms with van der Waals surface area (Å²) < 4.78 is 1.17. The third kappa shape index (κ3) is 3.83. The molecule has 1 atom stereocenters. The lowest BCUT2D eigenvalue weighted by Crippen LogP contribution is -2.40.